The van der Waals surface area contributed by atoms with Gasteiger partial charge in [-0.1, -0.05) is 6.07 Å². The van der Waals surface area contributed by atoms with E-state index in [4.69, 9.17) is 0 Å². The maximum Gasteiger partial charge on any atom is 0.321 e. The Bertz CT molecular complexity index is 1030. The summed E-state index contributed by atoms with van der Waals surface area (Å²) in [5.74, 6) is 0.716. The van der Waals surface area contributed by atoms with Crippen molar-refractivity contribution in [2.75, 3.05) is 49.2 Å². The second-order valence-corrected chi connectivity index (χ2v) is 8.88. The number of amides is 4. The van der Waals surface area contributed by atoms with Crippen LogP contribution in [0.25, 0.3) is 0 Å². The Hall–Kier alpha value is -3.41. The molecule has 0 saturated carbocycles. The van der Waals surface area contributed by atoms with Crippen LogP contribution in [0.3, 0.4) is 0 Å². The monoisotopic (exact) mass is 546 g/mol. The molecule has 11 nitrogen and oxygen atoms in total. The lowest BCUT2D eigenvalue weighted by Gasteiger charge is -2.16. The second kappa shape index (κ2) is 13.5. The highest BCUT2D eigenvalue weighted by Crippen LogP contribution is 2.23. The summed E-state index contributed by atoms with van der Waals surface area (Å²) in [7, 11) is 1.55. The summed E-state index contributed by atoms with van der Waals surface area (Å²) >= 11 is 3.45. The van der Waals surface area contributed by atoms with Gasteiger partial charge in [0.15, 0.2) is 0 Å². The van der Waals surface area contributed by atoms with Crippen molar-refractivity contribution in [3.8, 4) is 0 Å². The number of likely N-dealkylation sites (tertiary alicyclic amines) is 1. The molecule has 1 aliphatic heterocycles. The number of halogens is 1. The van der Waals surface area contributed by atoms with E-state index in [0.29, 0.717) is 41.4 Å². The first-order valence-electron chi connectivity index (χ1n) is 11.6. The van der Waals surface area contributed by atoms with E-state index in [0.717, 1.165) is 31.6 Å². The van der Waals surface area contributed by atoms with Gasteiger partial charge >= 0.3 is 6.03 Å². The number of rotatable bonds is 11. The SMILES string of the molecule is CNC(=O)CCC(=O)NCCCNc1nc(Nc2cccc(NC(=O)N3CCCC3)c2)ncc1Br. The van der Waals surface area contributed by atoms with E-state index >= 15 is 0 Å². The van der Waals surface area contributed by atoms with Crippen LogP contribution in [0.5, 0.6) is 0 Å². The standard InChI is InChI=1S/C23H31BrN8O3/c1-25-19(33)8-9-20(34)26-10-5-11-27-21-18(24)15-28-22(31-21)29-16-6-4-7-17(14-16)30-23(35)32-12-2-3-13-32/h4,6-7,14-15H,2-3,5,8-13H2,1H3,(H,25,33)(H,26,34)(H,30,35)(H2,27,28,29,31). The molecule has 0 atom stereocenters. The number of carbonyl (C=O) groups excluding carboxylic acids is 3. The molecule has 35 heavy (non-hydrogen) atoms. The fourth-order valence-electron chi connectivity index (χ4n) is 3.44. The first kappa shape index (κ1) is 26.2. The molecule has 0 aliphatic carbocycles. The highest BCUT2D eigenvalue weighted by molar-refractivity contribution is 9.10. The number of anilines is 4. The molecular weight excluding hydrogens is 516 g/mol. The molecule has 12 heteroatoms. The molecule has 0 radical (unpaired) electrons. The van der Waals surface area contributed by atoms with Gasteiger partial charge in [-0.2, -0.15) is 4.98 Å². The molecule has 2 aromatic rings. The van der Waals surface area contributed by atoms with E-state index in [2.05, 4.69) is 52.5 Å². The predicted octanol–water partition coefficient (Wildman–Crippen LogP) is 3.05. The summed E-state index contributed by atoms with van der Waals surface area (Å²) < 4.78 is 0.712. The van der Waals surface area contributed by atoms with Gasteiger partial charge in [0, 0.05) is 63.6 Å². The van der Waals surface area contributed by atoms with Gasteiger partial charge in [-0.05, 0) is 53.4 Å². The van der Waals surface area contributed by atoms with Crippen molar-refractivity contribution in [1.82, 2.24) is 25.5 Å². The average Bonchev–Trinajstić information content (AvgIpc) is 3.40. The van der Waals surface area contributed by atoms with E-state index in [1.807, 2.05) is 29.2 Å². The van der Waals surface area contributed by atoms with Crippen molar-refractivity contribution in [2.45, 2.75) is 32.1 Å². The zero-order chi connectivity index (χ0) is 25.0. The zero-order valence-electron chi connectivity index (χ0n) is 19.7. The molecule has 1 saturated heterocycles. The Morgan fingerprint density at radius 2 is 1.80 bits per heavy atom. The Labute approximate surface area is 213 Å². The summed E-state index contributed by atoms with van der Waals surface area (Å²) in [6.45, 7) is 2.65. The molecule has 5 N–H and O–H groups in total. The minimum atomic E-state index is -0.154. The summed E-state index contributed by atoms with van der Waals surface area (Å²) in [6.07, 6.45) is 4.77. The third-order valence-electron chi connectivity index (χ3n) is 5.33. The molecule has 1 aromatic heterocycles. The highest BCUT2D eigenvalue weighted by Gasteiger charge is 2.17. The molecule has 0 bridgehead atoms. The molecule has 3 rings (SSSR count). The van der Waals surface area contributed by atoms with Gasteiger partial charge in [0.25, 0.3) is 0 Å². The van der Waals surface area contributed by atoms with Crippen LogP contribution in [-0.2, 0) is 9.59 Å². The average molecular weight is 547 g/mol. The lowest BCUT2D eigenvalue weighted by Crippen LogP contribution is -2.32. The van der Waals surface area contributed by atoms with Crippen LogP contribution in [0.1, 0.15) is 32.1 Å². The number of carbonyl (C=O) groups is 3. The van der Waals surface area contributed by atoms with Crippen LogP contribution in [-0.4, -0.2) is 65.9 Å². The Kier molecular flexibility index (Phi) is 10.1. The number of aromatic nitrogens is 2. The first-order chi connectivity index (χ1) is 16.9. The number of hydrogen-bond donors (Lipinski definition) is 5. The quantitative estimate of drug-likeness (QED) is 0.273. The van der Waals surface area contributed by atoms with Crippen LogP contribution >= 0.6 is 15.9 Å². The van der Waals surface area contributed by atoms with Gasteiger partial charge in [0.1, 0.15) is 5.82 Å². The van der Waals surface area contributed by atoms with Crippen molar-refractivity contribution in [3.05, 3.63) is 34.9 Å². The Balaban J connectivity index is 1.46. The highest BCUT2D eigenvalue weighted by atomic mass is 79.9. The van der Waals surface area contributed by atoms with Gasteiger partial charge in [0.05, 0.1) is 4.47 Å². The van der Waals surface area contributed by atoms with Gasteiger partial charge in [-0.3, -0.25) is 9.59 Å². The van der Waals surface area contributed by atoms with Crippen molar-refractivity contribution in [2.24, 2.45) is 0 Å². The maximum absolute atomic E-state index is 12.3. The van der Waals surface area contributed by atoms with Crippen LogP contribution in [0.2, 0.25) is 0 Å². The van der Waals surface area contributed by atoms with E-state index in [1.54, 1.807) is 13.2 Å². The number of hydrogen-bond acceptors (Lipinski definition) is 7. The molecular formula is C23H31BrN8O3. The molecule has 0 spiro atoms. The van der Waals surface area contributed by atoms with Crippen LogP contribution in [0, 0.1) is 0 Å². The molecule has 4 amide bonds. The van der Waals surface area contributed by atoms with Gasteiger partial charge < -0.3 is 31.5 Å². The van der Waals surface area contributed by atoms with Crippen molar-refractivity contribution >= 4 is 56.9 Å². The minimum absolute atomic E-state index is 0.0892. The van der Waals surface area contributed by atoms with Crippen LogP contribution in [0.4, 0.5) is 27.9 Å². The van der Waals surface area contributed by atoms with E-state index in [9.17, 15) is 14.4 Å². The summed E-state index contributed by atoms with van der Waals surface area (Å²) in [4.78, 5) is 45.9. The number of urea groups is 1. The van der Waals surface area contributed by atoms with Crippen molar-refractivity contribution in [1.29, 1.82) is 0 Å². The number of nitrogens with zero attached hydrogens (tertiary/aromatic N) is 3. The molecule has 0 unspecified atom stereocenters. The summed E-state index contributed by atoms with van der Waals surface area (Å²) in [5.41, 5.74) is 1.44. The molecule has 1 fully saturated rings. The largest absolute Gasteiger partial charge is 0.369 e. The van der Waals surface area contributed by atoms with Crippen LogP contribution < -0.4 is 26.6 Å². The number of benzene rings is 1. The van der Waals surface area contributed by atoms with Gasteiger partial charge in [-0.15, -0.1) is 0 Å². The molecule has 188 valence electrons. The third kappa shape index (κ3) is 8.71. The topological polar surface area (TPSA) is 140 Å². The third-order valence-corrected chi connectivity index (χ3v) is 5.91. The normalized spacial score (nSPS) is 12.7. The van der Waals surface area contributed by atoms with Crippen molar-refractivity contribution < 1.29 is 14.4 Å². The summed E-state index contributed by atoms with van der Waals surface area (Å²) in [6, 6.07) is 7.30. The Morgan fingerprint density at radius 3 is 2.57 bits per heavy atom. The van der Waals surface area contributed by atoms with E-state index in [-0.39, 0.29) is 30.7 Å². The molecule has 1 aromatic carbocycles. The molecule has 2 heterocycles. The minimum Gasteiger partial charge on any atom is -0.369 e. The van der Waals surface area contributed by atoms with Gasteiger partial charge in [0.2, 0.25) is 17.8 Å². The van der Waals surface area contributed by atoms with E-state index in [1.165, 1.54) is 0 Å². The fourth-order valence-corrected chi connectivity index (χ4v) is 3.77. The zero-order valence-corrected chi connectivity index (χ0v) is 21.3. The second-order valence-electron chi connectivity index (χ2n) is 8.02. The predicted molar refractivity (Wildman–Crippen MR) is 139 cm³/mol. The maximum atomic E-state index is 12.3. The lowest BCUT2D eigenvalue weighted by atomic mass is 10.3. The fraction of sp³-hybridized carbons (Fsp3) is 0.435. The van der Waals surface area contributed by atoms with Crippen molar-refractivity contribution in [3.63, 3.8) is 0 Å². The van der Waals surface area contributed by atoms with Gasteiger partial charge in [-0.25, -0.2) is 9.78 Å². The first-order valence-corrected chi connectivity index (χ1v) is 12.4. The summed E-state index contributed by atoms with van der Waals surface area (Å²) in [5, 5.41) is 14.6. The van der Waals surface area contributed by atoms with E-state index < -0.39 is 0 Å². The lowest BCUT2D eigenvalue weighted by molar-refractivity contribution is -0.126. The Morgan fingerprint density at radius 1 is 1.06 bits per heavy atom. The van der Waals surface area contributed by atoms with Crippen LogP contribution in [0.15, 0.2) is 34.9 Å². The smallest absolute Gasteiger partial charge is 0.321 e. The number of nitrogens with one attached hydrogen (secondary N) is 5. The molecule has 1 aliphatic rings.